The number of nitrogens with one attached hydrogen (secondary N) is 2. The van der Waals surface area contributed by atoms with Crippen LogP contribution in [0.1, 0.15) is 10.4 Å². The lowest BCUT2D eigenvalue weighted by Gasteiger charge is -2.11. The lowest BCUT2D eigenvalue weighted by Crippen LogP contribution is -2.13. The molecule has 7 heteroatoms. The SMILES string of the molecule is COc1ccc(Nc2cncc(C(=O)Nc3ccccc3OC)c2)cc1Cl. The second-order valence-electron chi connectivity index (χ2n) is 5.59. The van der Waals surface area contributed by atoms with Gasteiger partial charge in [0.05, 0.1) is 42.4 Å². The Hall–Kier alpha value is -3.25. The van der Waals surface area contributed by atoms with E-state index in [2.05, 4.69) is 15.6 Å². The lowest BCUT2D eigenvalue weighted by molar-refractivity contribution is 0.102. The van der Waals surface area contributed by atoms with E-state index < -0.39 is 0 Å². The molecule has 1 heterocycles. The summed E-state index contributed by atoms with van der Waals surface area (Å²) in [6, 6.07) is 14.2. The Kier molecular flexibility index (Phi) is 5.78. The van der Waals surface area contributed by atoms with E-state index in [4.69, 9.17) is 21.1 Å². The summed E-state index contributed by atoms with van der Waals surface area (Å²) < 4.78 is 10.4. The lowest BCUT2D eigenvalue weighted by atomic mass is 10.2. The molecule has 3 rings (SSSR count). The van der Waals surface area contributed by atoms with E-state index in [1.807, 2.05) is 18.2 Å². The van der Waals surface area contributed by atoms with Gasteiger partial charge >= 0.3 is 0 Å². The standard InChI is InChI=1S/C20H18ClN3O3/c1-26-18-8-7-14(10-16(18)21)23-15-9-13(11-22-12-15)20(25)24-17-5-3-4-6-19(17)27-2/h3-12,23H,1-2H3,(H,24,25). The first-order chi connectivity index (χ1) is 13.1. The van der Waals surface area contributed by atoms with Crippen molar-refractivity contribution in [3.8, 4) is 11.5 Å². The van der Waals surface area contributed by atoms with Crippen molar-refractivity contribution in [3.63, 3.8) is 0 Å². The van der Waals surface area contributed by atoms with E-state index in [-0.39, 0.29) is 5.91 Å². The van der Waals surface area contributed by atoms with Gasteiger partial charge in [-0.05, 0) is 36.4 Å². The zero-order valence-electron chi connectivity index (χ0n) is 14.8. The Labute approximate surface area is 162 Å². The zero-order valence-corrected chi connectivity index (χ0v) is 15.6. The predicted molar refractivity (Wildman–Crippen MR) is 106 cm³/mol. The zero-order chi connectivity index (χ0) is 19.2. The third kappa shape index (κ3) is 4.48. The molecule has 138 valence electrons. The molecular formula is C20H18ClN3O3. The van der Waals surface area contributed by atoms with Gasteiger partial charge in [0.2, 0.25) is 0 Å². The van der Waals surface area contributed by atoms with Crippen LogP contribution in [0.4, 0.5) is 17.1 Å². The molecule has 0 unspecified atom stereocenters. The number of carbonyl (C=O) groups is 1. The molecule has 0 aliphatic carbocycles. The summed E-state index contributed by atoms with van der Waals surface area (Å²) in [6.45, 7) is 0. The largest absolute Gasteiger partial charge is 0.495 e. The summed E-state index contributed by atoms with van der Waals surface area (Å²) in [4.78, 5) is 16.7. The Morgan fingerprint density at radius 3 is 2.48 bits per heavy atom. The fourth-order valence-corrected chi connectivity index (χ4v) is 2.74. The second-order valence-corrected chi connectivity index (χ2v) is 6.00. The Balaban J connectivity index is 1.77. The molecule has 0 aliphatic heterocycles. The fourth-order valence-electron chi connectivity index (χ4n) is 2.49. The highest BCUT2D eigenvalue weighted by atomic mass is 35.5. The van der Waals surface area contributed by atoms with E-state index in [0.29, 0.717) is 33.5 Å². The van der Waals surface area contributed by atoms with Crippen LogP contribution >= 0.6 is 11.6 Å². The number of hydrogen-bond acceptors (Lipinski definition) is 5. The molecule has 2 aromatic carbocycles. The van der Waals surface area contributed by atoms with Gasteiger partial charge in [0, 0.05) is 11.9 Å². The summed E-state index contributed by atoms with van der Waals surface area (Å²) in [5.41, 5.74) is 2.41. The number of anilines is 3. The maximum absolute atomic E-state index is 12.6. The molecule has 0 fully saturated rings. The number of carbonyl (C=O) groups excluding carboxylic acids is 1. The van der Waals surface area contributed by atoms with Gasteiger partial charge in [-0.15, -0.1) is 0 Å². The molecule has 2 N–H and O–H groups in total. The quantitative estimate of drug-likeness (QED) is 0.642. The van der Waals surface area contributed by atoms with Gasteiger partial charge < -0.3 is 20.1 Å². The van der Waals surface area contributed by atoms with Crippen LogP contribution in [-0.4, -0.2) is 25.1 Å². The van der Waals surface area contributed by atoms with Crippen LogP contribution in [0.2, 0.25) is 5.02 Å². The van der Waals surface area contributed by atoms with Gasteiger partial charge in [-0.2, -0.15) is 0 Å². The highest BCUT2D eigenvalue weighted by molar-refractivity contribution is 6.32. The second kappa shape index (κ2) is 8.42. The molecule has 0 atom stereocenters. The molecule has 0 bridgehead atoms. The van der Waals surface area contributed by atoms with E-state index in [0.717, 1.165) is 5.69 Å². The number of aromatic nitrogens is 1. The van der Waals surface area contributed by atoms with Crippen molar-refractivity contribution in [1.29, 1.82) is 0 Å². The van der Waals surface area contributed by atoms with Gasteiger partial charge in [-0.3, -0.25) is 9.78 Å². The molecule has 0 saturated carbocycles. The molecule has 1 aromatic heterocycles. The number of methoxy groups -OCH3 is 2. The van der Waals surface area contributed by atoms with Crippen molar-refractivity contribution < 1.29 is 14.3 Å². The number of hydrogen-bond donors (Lipinski definition) is 2. The minimum Gasteiger partial charge on any atom is -0.495 e. The minimum atomic E-state index is -0.289. The van der Waals surface area contributed by atoms with Crippen LogP contribution in [0.3, 0.4) is 0 Å². The van der Waals surface area contributed by atoms with Gasteiger partial charge in [0.1, 0.15) is 11.5 Å². The number of ether oxygens (including phenoxy) is 2. The normalized spacial score (nSPS) is 10.2. The molecule has 1 amide bonds. The van der Waals surface area contributed by atoms with Crippen LogP contribution in [0, 0.1) is 0 Å². The third-order valence-electron chi connectivity index (χ3n) is 3.80. The maximum Gasteiger partial charge on any atom is 0.257 e. The molecule has 0 spiro atoms. The number of pyridine rings is 1. The summed E-state index contributed by atoms with van der Waals surface area (Å²) in [7, 11) is 3.11. The van der Waals surface area contributed by atoms with Gasteiger partial charge in [-0.1, -0.05) is 23.7 Å². The summed E-state index contributed by atoms with van der Waals surface area (Å²) >= 11 is 6.14. The Morgan fingerprint density at radius 1 is 0.963 bits per heavy atom. The van der Waals surface area contributed by atoms with Crippen LogP contribution in [0.15, 0.2) is 60.9 Å². The molecule has 0 radical (unpaired) electrons. The average molecular weight is 384 g/mol. The van der Waals surface area contributed by atoms with Gasteiger partial charge in [0.15, 0.2) is 0 Å². The number of amides is 1. The number of halogens is 1. The van der Waals surface area contributed by atoms with E-state index in [1.165, 1.54) is 6.20 Å². The van der Waals surface area contributed by atoms with Crippen LogP contribution in [-0.2, 0) is 0 Å². The highest BCUT2D eigenvalue weighted by Crippen LogP contribution is 2.29. The molecular weight excluding hydrogens is 366 g/mol. The minimum absolute atomic E-state index is 0.289. The van der Waals surface area contributed by atoms with E-state index in [1.54, 1.807) is 50.7 Å². The van der Waals surface area contributed by atoms with Crippen LogP contribution < -0.4 is 20.1 Å². The van der Waals surface area contributed by atoms with Crippen molar-refractivity contribution in [2.45, 2.75) is 0 Å². The molecule has 0 aliphatic rings. The van der Waals surface area contributed by atoms with Crippen molar-refractivity contribution in [1.82, 2.24) is 4.98 Å². The number of para-hydroxylation sites is 2. The first-order valence-corrected chi connectivity index (χ1v) is 8.48. The van der Waals surface area contributed by atoms with Crippen molar-refractivity contribution in [2.24, 2.45) is 0 Å². The highest BCUT2D eigenvalue weighted by Gasteiger charge is 2.11. The van der Waals surface area contributed by atoms with Crippen molar-refractivity contribution >= 4 is 34.6 Å². The summed E-state index contributed by atoms with van der Waals surface area (Å²) in [5, 5.41) is 6.48. The van der Waals surface area contributed by atoms with Crippen molar-refractivity contribution in [3.05, 3.63) is 71.5 Å². The number of rotatable bonds is 6. The van der Waals surface area contributed by atoms with E-state index in [9.17, 15) is 4.79 Å². The molecule has 27 heavy (non-hydrogen) atoms. The van der Waals surface area contributed by atoms with Gasteiger partial charge in [0.25, 0.3) is 5.91 Å². The number of benzene rings is 2. The summed E-state index contributed by atoms with van der Waals surface area (Å²) in [5.74, 6) is 0.884. The number of nitrogens with zero attached hydrogens (tertiary/aromatic N) is 1. The smallest absolute Gasteiger partial charge is 0.257 e. The first kappa shape index (κ1) is 18.5. The van der Waals surface area contributed by atoms with Crippen LogP contribution in [0.5, 0.6) is 11.5 Å². The Bertz CT molecular complexity index is 963. The maximum atomic E-state index is 12.6. The van der Waals surface area contributed by atoms with Crippen LogP contribution in [0.25, 0.3) is 0 Å². The Morgan fingerprint density at radius 2 is 1.74 bits per heavy atom. The molecule has 6 nitrogen and oxygen atoms in total. The average Bonchev–Trinajstić information content (AvgIpc) is 2.69. The van der Waals surface area contributed by atoms with E-state index >= 15 is 0 Å². The first-order valence-electron chi connectivity index (χ1n) is 8.10. The van der Waals surface area contributed by atoms with Crippen molar-refractivity contribution in [2.75, 3.05) is 24.9 Å². The summed E-state index contributed by atoms with van der Waals surface area (Å²) in [6.07, 6.45) is 3.12. The molecule has 0 saturated heterocycles. The monoisotopic (exact) mass is 383 g/mol. The third-order valence-corrected chi connectivity index (χ3v) is 4.09. The topological polar surface area (TPSA) is 72.5 Å². The predicted octanol–water partition coefficient (Wildman–Crippen LogP) is 4.75. The van der Waals surface area contributed by atoms with Gasteiger partial charge in [-0.25, -0.2) is 0 Å². The fraction of sp³-hybridized carbons (Fsp3) is 0.100. The molecule has 3 aromatic rings.